The van der Waals surface area contributed by atoms with Crippen LogP contribution < -0.4 is 21.3 Å². The standard InChI is InChI=1S/C46H77N9O9S2/c1-4-7-9-18-44(60)53(23-24-54(43(59)6-3)26-34-65-33-19-38(56)14-8-5-2)22-20-47-42(58)17-12-13-37-35-55(52-51-37)25-28-63-30-32-64-31-29-62-27-21-48-41(57)16-11-10-15-40-45-39(36-66-40)49-46(61)50-45/h1,35,39-40,45H,5-34,36H2,2-3H3,(H,47,58)(H,48,57)(H2,49,50,61)/t39-,40-,45-/m0/s1. The Labute approximate surface area is 401 Å². The molecule has 2 aliphatic rings. The molecule has 0 aromatic carbocycles. The SMILES string of the molecule is C#CCCCC(=O)N(CCNC(=O)CCCc1cn(CCOCCOCCOCCNC(=O)CCCC[C@@H]2SC[C@@H]3NC(=O)N[C@@H]32)nn1)CCN(CCSCCC(=O)CCCC)C(=O)CC. The Morgan fingerprint density at radius 3 is 2.27 bits per heavy atom. The number of thioether (sulfide) groups is 2. The van der Waals surface area contributed by atoms with E-state index in [1.54, 1.807) is 26.2 Å². The molecule has 3 atom stereocenters. The molecule has 3 rings (SSSR count). The Balaban J connectivity index is 1.17. The van der Waals surface area contributed by atoms with Gasteiger partial charge >= 0.3 is 6.03 Å². The third-order valence-corrected chi connectivity index (χ3v) is 13.7. The van der Waals surface area contributed by atoms with Gasteiger partial charge in [0.2, 0.25) is 23.6 Å². The monoisotopic (exact) mass is 964 g/mol. The molecule has 18 nitrogen and oxygen atoms in total. The summed E-state index contributed by atoms with van der Waals surface area (Å²) >= 11 is 3.56. The zero-order chi connectivity index (χ0) is 47.6. The summed E-state index contributed by atoms with van der Waals surface area (Å²) in [6.07, 6.45) is 16.8. The van der Waals surface area contributed by atoms with Crippen LogP contribution in [0.1, 0.15) is 109 Å². The zero-order valence-electron chi connectivity index (χ0n) is 39.5. The molecule has 1 aromatic rings. The van der Waals surface area contributed by atoms with Gasteiger partial charge < -0.3 is 45.3 Å². The summed E-state index contributed by atoms with van der Waals surface area (Å²) in [6.45, 7) is 9.38. The average molecular weight is 964 g/mol. The molecule has 1 aromatic heterocycles. The highest BCUT2D eigenvalue weighted by molar-refractivity contribution is 8.00. The molecule has 3 heterocycles. The van der Waals surface area contributed by atoms with Crippen molar-refractivity contribution < 1.29 is 43.0 Å². The first-order valence-corrected chi connectivity index (χ1v) is 26.3. The molecule has 4 N–H and O–H groups in total. The van der Waals surface area contributed by atoms with Gasteiger partial charge in [-0.2, -0.15) is 23.5 Å². The Bertz CT molecular complexity index is 1630. The number of aromatic nitrogens is 3. The van der Waals surface area contributed by atoms with Crippen LogP contribution in [0.5, 0.6) is 0 Å². The number of carbonyl (C=O) groups is 6. The summed E-state index contributed by atoms with van der Waals surface area (Å²) < 4.78 is 18.5. The van der Waals surface area contributed by atoms with Crippen LogP contribution in [0.15, 0.2) is 6.20 Å². The number of hydrogen-bond donors (Lipinski definition) is 4. The molecule has 0 unspecified atom stereocenters. The quantitative estimate of drug-likeness (QED) is 0.0423. The fraction of sp³-hybridized carbons (Fsp3) is 0.783. The maximum absolute atomic E-state index is 13.1. The molecule has 2 saturated heterocycles. The molecule has 66 heavy (non-hydrogen) atoms. The lowest BCUT2D eigenvalue weighted by molar-refractivity contribution is -0.135. The summed E-state index contributed by atoms with van der Waals surface area (Å²) in [7, 11) is 0. The fourth-order valence-electron chi connectivity index (χ4n) is 7.39. The van der Waals surface area contributed by atoms with Crippen molar-refractivity contribution in [2.45, 2.75) is 134 Å². The van der Waals surface area contributed by atoms with Crippen molar-refractivity contribution in [1.29, 1.82) is 0 Å². The number of aryl methyl sites for hydroxylation is 1. The lowest BCUT2D eigenvalue weighted by Gasteiger charge is -2.28. The Kier molecular flexibility index (Phi) is 30.2. The number of rotatable bonds is 40. The lowest BCUT2D eigenvalue weighted by Crippen LogP contribution is -2.44. The number of urea groups is 1. The number of terminal acetylenes is 1. The van der Waals surface area contributed by atoms with E-state index in [2.05, 4.69) is 44.4 Å². The maximum Gasteiger partial charge on any atom is 0.315 e. The van der Waals surface area contributed by atoms with Crippen LogP contribution in [0.25, 0.3) is 0 Å². The molecule has 2 aliphatic heterocycles. The smallest absolute Gasteiger partial charge is 0.315 e. The van der Waals surface area contributed by atoms with E-state index in [0.717, 1.165) is 55.1 Å². The van der Waals surface area contributed by atoms with Crippen molar-refractivity contribution in [3.63, 3.8) is 0 Å². The number of ketones is 1. The second kappa shape index (κ2) is 35.3. The van der Waals surface area contributed by atoms with Crippen molar-refractivity contribution in [3.05, 3.63) is 11.9 Å². The van der Waals surface area contributed by atoms with Gasteiger partial charge in [0.15, 0.2) is 0 Å². The van der Waals surface area contributed by atoms with E-state index in [-0.39, 0.29) is 47.5 Å². The van der Waals surface area contributed by atoms with Crippen molar-refractivity contribution in [2.75, 3.05) is 96.2 Å². The number of ether oxygens (including phenoxy) is 3. The molecule has 0 aliphatic carbocycles. The molecular weight excluding hydrogens is 887 g/mol. The molecule has 20 heteroatoms. The van der Waals surface area contributed by atoms with Gasteiger partial charge in [-0.25, -0.2) is 9.48 Å². The minimum absolute atomic E-state index is 0.0182. The Morgan fingerprint density at radius 1 is 0.818 bits per heavy atom. The number of nitrogens with one attached hydrogen (secondary N) is 4. The van der Waals surface area contributed by atoms with Gasteiger partial charge in [-0.3, -0.25) is 24.0 Å². The molecule has 2 fully saturated rings. The van der Waals surface area contributed by atoms with Crippen molar-refractivity contribution in [1.82, 2.24) is 46.1 Å². The predicted octanol–water partition coefficient (Wildman–Crippen LogP) is 3.36. The van der Waals surface area contributed by atoms with Crippen molar-refractivity contribution >= 4 is 59.0 Å². The number of nitrogens with zero attached hydrogens (tertiary/aromatic N) is 5. The normalized spacial score (nSPS) is 16.3. The molecule has 6 amide bonds. The summed E-state index contributed by atoms with van der Waals surface area (Å²) in [5.41, 5.74) is 0.784. The first-order chi connectivity index (χ1) is 32.1. The summed E-state index contributed by atoms with van der Waals surface area (Å²) in [6, 6.07) is 0.362. The molecule has 0 radical (unpaired) electrons. The number of fused-ring (bicyclic) bond motifs is 1. The lowest BCUT2D eigenvalue weighted by atomic mass is 10.0. The summed E-state index contributed by atoms with van der Waals surface area (Å²) in [5, 5.41) is 20.6. The minimum atomic E-state index is -0.114. The van der Waals surface area contributed by atoms with Crippen LogP contribution in [0, 0.1) is 12.3 Å². The third-order valence-electron chi connectivity index (χ3n) is 11.2. The first-order valence-electron chi connectivity index (χ1n) is 24.1. The van der Waals surface area contributed by atoms with E-state index >= 15 is 0 Å². The summed E-state index contributed by atoms with van der Waals surface area (Å²) in [5.74, 6) is 5.13. The summed E-state index contributed by atoms with van der Waals surface area (Å²) in [4.78, 5) is 77.7. The molecule has 372 valence electrons. The minimum Gasteiger partial charge on any atom is -0.377 e. The number of carbonyl (C=O) groups excluding carboxylic acids is 6. The largest absolute Gasteiger partial charge is 0.377 e. The van der Waals surface area contributed by atoms with Gasteiger partial charge in [0.25, 0.3) is 0 Å². The number of unbranched alkanes of at least 4 members (excludes halogenated alkanes) is 3. The predicted molar refractivity (Wildman–Crippen MR) is 258 cm³/mol. The average Bonchev–Trinajstić information content (AvgIpc) is 4.03. The van der Waals surface area contributed by atoms with Crippen LogP contribution in [-0.4, -0.2) is 174 Å². The molecule has 0 spiro atoms. The van der Waals surface area contributed by atoms with E-state index in [4.69, 9.17) is 20.6 Å². The van der Waals surface area contributed by atoms with Crippen molar-refractivity contribution in [2.24, 2.45) is 0 Å². The van der Waals surface area contributed by atoms with Gasteiger partial charge in [-0.1, -0.05) is 31.9 Å². The second-order valence-electron chi connectivity index (χ2n) is 16.4. The van der Waals surface area contributed by atoms with Crippen LogP contribution in [-0.2, 0) is 51.1 Å². The van der Waals surface area contributed by atoms with Gasteiger partial charge in [0.1, 0.15) is 5.78 Å². The van der Waals surface area contributed by atoms with E-state index < -0.39 is 0 Å². The number of hydrogen-bond acceptors (Lipinski definition) is 13. The highest BCUT2D eigenvalue weighted by Crippen LogP contribution is 2.33. The maximum atomic E-state index is 13.1. The topological polar surface area (TPSA) is 215 Å². The van der Waals surface area contributed by atoms with E-state index in [0.29, 0.717) is 155 Å². The first kappa shape index (κ1) is 56.4. The second-order valence-corrected chi connectivity index (χ2v) is 18.9. The zero-order valence-corrected chi connectivity index (χ0v) is 41.2. The van der Waals surface area contributed by atoms with Crippen LogP contribution in [0.2, 0.25) is 0 Å². The number of amides is 6. The Hall–Kier alpha value is -3.90. The van der Waals surface area contributed by atoms with E-state index in [1.807, 2.05) is 24.9 Å². The van der Waals surface area contributed by atoms with Gasteiger partial charge in [-0.05, 0) is 38.5 Å². The van der Waals surface area contributed by atoms with Gasteiger partial charge in [0.05, 0.1) is 64.0 Å². The van der Waals surface area contributed by atoms with Crippen molar-refractivity contribution in [3.8, 4) is 12.3 Å². The Morgan fingerprint density at radius 2 is 1.53 bits per heavy atom. The van der Waals surface area contributed by atoms with E-state index in [9.17, 15) is 28.8 Å². The fourth-order valence-corrected chi connectivity index (χ4v) is 9.85. The molecule has 0 saturated carbocycles. The van der Waals surface area contributed by atoms with Crippen LogP contribution in [0.3, 0.4) is 0 Å². The van der Waals surface area contributed by atoms with Crippen LogP contribution >= 0.6 is 23.5 Å². The highest BCUT2D eigenvalue weighted by atomic mass is 32.2. The van der Waals surface area contributed by atoms with Gasteiger partial charge in [0, 0.05) is 113 Å². The van der Waals surface area contributed by atoms with E-state index in [1.165, 1.54) is 0 Å². The number of Topliss-reactive ketones (excluding diaryl/α,β-unsaturated/α-hetero) is 1. The van der Waals surface area contributed by atoms with Gasteiger partial charge in [-0.15, -0.1) is 17.4 Å². The van der Waals surface area contributed by atoms with Crippen LogP contribution in [0.4, 0.5) is 4.79 Å². The molecule has 0 bridgehead atoms. The molecular formula is C46H77N9O9S2. The third kappa shape index (κ3) is 24.7. The highest BCUT2D eigenvalue weighted by Gasteiger charge is 2.42.